The molecule has 7 heterocycles. The number of rotatable bonds is 7. The molecule has 0 bridgehead atoms. The van der Waals surface area contributed by atoms with Crippen LogP contribution in [0, 0.1) is 37.1 Å². The molecule has 0 unspecified atom stereocenters. The summed E-state index contributed by atoms with van der Waals surface area (Å²) >= 11 is 5.84. The van der Waals surface area contributed by atoms with Crippen molar-refractivity contribution in [3.05, 3.63) is 137 Å². The van der Waals surface area contributed by atoms with E-state index in [0.717, 1.165) is 12.1 Å². The number of anilines is 5. The third-order valence-corrected chi connectivity index (χ3v) is 9.56. The second kappa shape index (κ2) is 16.9. The minimum absolute atomic E-state index is 0.0486. The molecular formula is C42H32ClF4N11O. The molecule has 1 saturated heterocycles. The van der Waals surface area contributed by atoms with Gasteiger partial charge >= 0.3 is 0 Å². The van der Waals surface area contributed by atoms with Gasteiger partial charge < -0.3 is 20.3 Å². The van der Waals surface area contributed by atoms with Crippen LogP contribution in [0.5, 0.6) is 0 Å². The zero-order valence-electron chi connectivity index (χ0n) is 31.4. The van der Waals surface area contributed by atoms with E-state index in [2.05, 4.69) is 50.5 Å². The second-order valence-electron chi connectivity index (χ2n) is 13.2. The molecule has 0 atom stereocenters. The first kappa shape index (κ1) is 38.9. The van der Waals surface area contributed by atoms with Crippen molar-refractivity contribution < 1.29 is 22.3 Å². The highest BCUT2D eigenvalue weighted by Gasteiger charge is 2.21. The van der Waals surface area contributed by atoms with Crippen molar-refractivity contribution in [3.8, 4) is 22.8 Å². The molecule has 2 N–H and O–H groups in total. The van der Waals surface area contributed by atoms with Crippen LogP contribution in [0.3, 0.4) is 0 Å². The number of morpholine rings is 1. The van der Waals surface area contributed by atoms with E-state index in [1.165, 1.54) is 18.3 Å². The quantitative estimate of drug-likeness (QED) is 0.117. The van der Waals surface area contributed by atoms with Crippen molar-refractivity contribution in [2.45, 2.75) is 13.8 Å². The Balaban J connectivity index is 0.000000167. The van der Waals surface area contributed by atoms with Gasteiger partial charge in [-0.05, 0) is 61.8 Å². The molecule has 0 radical (unpaired) electrons. The summed E-state index contributed by atoms with van der Waals surface area (Å²) in [6.07, 6.45) is 6.41. The average Bonchev–Trinajstić information content (AvgIpc) is 3.24. The van der Waals surface area contributed by atoms with Crippen LogP contribution in [0.25, 0.3) is 44.6 Å². The zero-order chi connectivity index (χ0) is 41.0. The highest BCUT2D eigenvalue weighted by molar-refractivity contribution is 6.28. The van der Waals surface area contributed by atoms with E-state index >= 15 is 0 Å². The fourth-order valence-electron chi connectivity index (χ4n) is 6.62. The van der Waals surface area contributed by atoms with Gasteiger partial charge in [-0.3, -0.25) is 9.97 Å². The first-order chi connectivity index (χ1) is 28.6. The summed E-state index contributed by atoms with van der Waals surface area (Å²) < 4.78 is 62.7. The molecule has 59 heavy (non-hydrogen) atoms. The van der Waals surface area contributed by atoms with Gasteiger partial charge in [0.2, 0.25) is 11.2 Å². The van der Waals surface area contributed by atoms with E-state index in [-0.39, 0.29) is 27.1 Å². The number of hydrogen-bond donors (Lipinski definition) is 2. The molecule has 12 nitrogen and oxygen atoms in total. The number of nitrogens with zero attached hydrogens (tertiary/aromatic N) is 9. The van der Waals surface area contributed by atoms with E-state index in [0.29, 0.717) is 89.2 Å². The summed E-state index contributed by atoms with van der Waals surface area (Å²) in [6, 6.07) is 18.2. The Morgan fingerprint density at radius 2 is 1.10 bits per heavy atom. The van der Waals surface area contributed by atoms with Crippen LogP contribution in [0.4, 0.5) is 46.5 Å². The fraction of sp³-hybridized carbons (Fsp3) is 0.143. The first-order valence-electron chi connectivity index (χ1n) is 18.2. The second-order valence-corrected chi connectivity index (χ2v) is 13.6. The Morgan fingerprint density at radius 3 is 1.59 bits per heavy atom. The van der Waals surface area contributed by atoms with E-state index in [9.17, 15) is 17.6 Å². The summed E-state index contributed by atoms with van der Waals surface area (Å²) in [5.74, 6) is -1.40. The van der Waals surface area contributed by atoms with Gasteiger partial charge in [0.25, 0.3) is 0 Å². The number of nitrogens with one attached hydrogen (secondary N) is 2. The molecule has 0 saturated carbocycles. The van der Waals surface area contributed by atoms with Gasteiger partial charge in [0.15, 0.2) is 0 Å². The molecule has 1 aliphatic heterocycles. The van der Waals surface area contributed by atoms with Gasteiger partial charge in [-0.25, -0.2) is 42.5 Å². The number of aromatic nitrogens is 8. The number of fused-ring (bicyclic) bond motifs is 2. The minimum atomic E-state index is -0.726. The number of ether oxygens (including phenoxy) is 1. The van der Waals surface area contributed by atoms with Crippen molar-refractivity contribution in [2.24, 2.45) is 0 Å². The fourth-order valence-corrected chi connectivity index (χ4v) is 6.77. The van der Waals surface area contributed by atoms with Gasteiger partial charge in [-0.15, -0.1) is 0 Å². The zero-order valence-corrected chi connectivity index (χ0v) is 32.1. The third kappa shape index (κ3) is 8.40. The SMILES string of the molecule is Cc1c(-c2ccccn2)nc2cc(F)cc(F)c2c1Nc1ccnc(Cl)n1.Cc1c(-c2ccccn2)nc2cc(F)cc(F)c2c1Nc1ccnc(N2CCOCC2)n1. The number of hydrogen-bond acceptors (Lipinski definition) is 12. The lowest BCUT2D eigenvalue weighted by Gasteiger charge is -2.27. The topological polar surface area (TPSA) is 140 Å². The molecule has 0 amide bonds. The van der Waals surface area contributed by atoms with Crippen molar-refractivity contribution in [2.75, 3.05) is 41.8 Å². The normalized spacial score (nSPS) is 12.6. The van der Waals surface area contributed by atoms with Crippen LogP contribution in [0.15, 0.2) is 97.6 Å². The van der Waals surface area contributed by atoms with Gasteiger partial charge in [-0.1, -0.05) is 12.1 Å². The molecule has 17 heteroatoms. The predicted molar refractivity (Wildman–Crippen MR) is 218 cm³/mol. The monoisotopic (exact) mass is 817 g/mol. The van der Waals surface area contributed by atoms with Crippen molar-refractivity contribution >= 4 is 62.4 Å². The molecule has 1 fully saturated rings. The molecule has 296 valence electrons. The molecule has 2 aromatic carbocycles. The molecule has 0 aliphatic carbocycles. The van der Waals surface area contributed by atoms with Crippen LogP contribution >= 0.6 is 11.6 Å². The maximum Gasteiger partial charge on any atom is 0.227 e. The summed E-state index contributed by atoms with van der Waals surface area (Å²) in [5, 5.41) is 6.68. The van der Waals surface area contributed by atoms with Gasteiger partial charge in [0, 0.05) is 73.3 Å². The van der Waals surface area contributed by atoms with Gasteiger partial charge in [0.05, 0.1) is 69.2 Å². The van der Waals surface area contributed by atoms with Crippen LogP contribution in [0.1, 0.15) is 11.1 Å². The molecular weight excluding hydrogens is 786 g/mol. The lowest BCUT2D eigenvalue weighted by atomic mass is 10.0. The molecule has 8 aromatic rings. The minimum Gasteiger partial charge on any atom is -0.378 e. The Hall–Kier alpha value is -6.91. The van der Waals surface area contributed by atoms with Crippen LogP contribution in [0.2, 0.25) is 5.28 Å². The first-order valence-corrected chi connectivity index (χ1v) is 18.6. The van der Waals surface area contributed by atoms with E-state index in [1.807, 2.05) is 30.0 Å². The van der Waals surface area contributed by atoms with Crippen LogP contribution in [-0.4, -0.2) is 66.2 Å². The molecule has 9 rings (SSSR count). The maximum atomic E-state index is 14.9. The van der Waals surface area contributed by atoms with Crippen LogP contribution < -0.4 is 15.5 Å². The summed E-state index contributed by atoms with van der Waals surface area (Å²) in [7, 11) is 0. The lowest BCUT2D eigenvalue weighted by molar-refractivity contribution is 0.122. The van der Waals surface area contributed by atoms with Gasteiger partial charge in [0.1, 0.15) is 34.9 Å². The summed E-state index contributed by atoms with van der Waals surface area (Å²) in [5.41, 5.74) is 4.79. The maximum absolute atomic E-state index is 14.9. The standard InChI is InChI=1S/C23H20F2N6O.C19H12ClF2N5/c1-14-21(17-4-2-3-6-26-17)28-18-13-15(24)12-16(25)20(18)22(14)29-19-5-7-27-23(30-19)31-8-10-32-11-9-31;1-10-17(13-4-2-3-6-23-13)25-14-9-11(21)8-12(22)16(14)18(10)26-15-5-7-24-19(20)27-15/h2-7,12-13H,8-11H2,1H3,(H,27,28,29,30);2-9H,1H3,(H,24,25,26,27). The molecule has 1 aliphatic rings. The Morgan fingerprint density at radius 1 is 0.593 bits per heavy atom. The van der Waals surface area contributed by atoms with Crippen molar-refractivity contribution in [1.29, 1.82) is 0 Å². The lowest BCUT2D eigenvalue weighted by Crippen LogP contribution is -2.37. The highest BCUT2D eigenvalue weighted by Crippen LogP contribution is 2.38. The third-order valence-electron chi connectivity index (χ3n) is 9.38. The smallest absolute Gasteiger partial charge is 0.227 e. The Kier molecular flexibility index (Phi) is 11.2. The van der Waals surface area contributed by atoms with Crippen molar-refractivity contribution in [3.63, 3.8) is 0 Å². The largest absolute Gasteiger partial charge is 0.378 e. The Bertz CT molecular complexity index is 2820. The number of benzene rings is 2. The summed E-state index contributed by atoms with van der Waals surface area (Å²) in [4.78, 5) is 36.5. The van der Waals surface area contributed by atoms with E-state index < -0.39 is 23.3 Å². The predicted octanol–water partition coefficient (Wildman–Crippen LogP) is 9.32. The van der Waals surface area contributed by atoms with Crippen LogP contribution in [-0.2, 0) is 4.74 Å². The average molecular weight is 818 g/mol. The van der Waals surface area contributed by atoms with Gasteiger partial charge in [-0.2, -0.15) is 4.98 Å². The number of pyridine rings is 4. The summed E-state index contributed by atoms with van der Waals surface area (Å²) in [6.45, 7) is 6.21. The number of halogens is 5. The molecule has 6 aromatic heterocycles. The molecule has 0 spiro atoms. The van der Waals surface area contributed by atoms with Crippen molar-refractivity contribution in [1.82, 2.24) is 39.9 Å². The Labute approximate surface area is 339 Å². The highest BCUT2D eigenvalue weighted by atomic mass is 35.5. The van der Waals surface area contributed by atoms with E-state index in [1.54, 1.807) is 55.8 Å². The van der Waals surface area contributed by atoms with E-state index in [4.69, 9.17) is 16.3 Å².